The molecule has 1 aliphatic heterocycles. The number of hydrogen-bond acceptors (Lipinski definition) is 6. The first-order valence-corrected chi connectivity index (χ1v) is 12.3. The second-order valence-electron chi connectivity index (χ2n) is 7.28. The van der Waals surface area contributed by atoms with E-state index >= 15 is 0 Å². The van der Waals surface area contributed by atoms with Crippen LogP contribution in [0.5, 0.6) is 0 Å². The zero-order valence-corrected chi connectivity index (χ0v) is 18.4. The second-order valence-corrected chi connectivity index (χ2v) is 9.86. The maximum Gasteiger partial charge on any atom is 0.263 e. The number of likely N-dealkylation sites (tertiary alicyclic amines) is 1. The lowest BCUT2D eigenvalue weighted by atomic mass is 10.1. The van der Waals surface area contributed by atoms with Crippen LogP contribution in [-0.4, -0.2) is 43.4 Å². The third kappa shape index (κ3) is 5.49. The van der Waals surface area contributed by atoms with Gasteiger partial charge in [-0.1, -0.05) is 30.3 Å². The molecule has 31 heavy (non-hydrogen) atoms. The van der Waals surface area contributed by atoms with Gasteiger partial charge in [-0.15, -0.1) is 11.3 Å². The molecule has 0 aliphatic carbocycles. The third-order valence-corrected chi connectivity index (χ3v) is 7.23. The van der Waals surface area contributed by atoms with Gasteiger partial charge in [0.1, 0.15) is 0 Å². The fourth-order valence-electron chi connectivity index (χ4n) is 3.45. The third-order valence-electron chi connectivity index (χ3n) is 5.06. The molecular weight excluding hydrogens is 434 g/mol. The molecule has 2 aromatic carbocycles. The van der Waals surface area contributed by atoms with E-state index in [1.54, 1.807) is 22.4 Å². The summed E-state index contributed by atoms with van der Waals surface area (Å²) in [4.78, 5) is 18.7. The van der Waals surface area contributed by atoms with E-state index in [2.05, 4.69) is 9.71 Å². The Kier molecular flexibility index (Phi) is 6.64. The van der Waals surface area contributed by atoms with Gasteiger partial charge in [0.25, 0.3) is 15.9 Å². The van der Waals surface area contributed by atoms with Crippen LogP contribution in [-0.2, 0) is 21.4 Å². The number of hydrogen-bond donors (Lipinski definition) is 1. The minimum Gasteiger partial charge on any atom is -0.372 e. The van der Waals surface area contributed by atoms with Crippen LogP contribution in [0.1, 0.15) is 28.8 Å². The monoisotopic (exact) mass is 457 g/mol. The molecule has 7 nitrogen and oxygen atoms in total. The maximum atomic E-state index is 12.9. The van der Waals surface area contributed by atoms with Gasteiger partial charge in [0.15, 0.2) is 5.13 Å². The summed E-state index contributed by atoms with van der Waals surface area (Å²) in [5.74, 6) is -0.121. The molecule has 1 unspecified atom stereocenters. The Morgan fingerprint density at radius 1 is 1.16 bits per heavy atom. The predicted octanol–water partition coefficient (Wildman–Crippen LogP) is 3.77. The summed E-state index contributed by atoms with van der Waals surface area (Å²) in [5, 5.41) is 1.99. The minimum absolute atomic E-state index is 0.0138. The number of aromatic nitrogens is 1. The van der Waals surface area contributed by atoms with Crippen LogP contribution < -0.4 is 4.72 Å². The molecule has 1 fully saturated rings. The van der Waals surface area contributed by atoms with Gasteiger partial charge in [-0.25, -0.2) is 13.4 Å². The zero-order chi connectivity index (χ0) is 21.7. The van der Waals surface area contributed by atoms with E-state index in [9.17, 15) is 13.2 Å². The lowest BCUT2D eigenvalue weighted by molar-refractivity contribution is -0.00672. The van der Waals surface area contributed by atoms with Gasteiger partial charge in [0, 0.05) is 30.2 Å². The molecular formula is C22H23N3O4S2. The van der Waals surface area contributed by atoms with Gasteiger partial charge in [0.2, 0.25) is 0 Å². The molecule has 0 radical (unpaired) electrons. The number of nitrogens with one attached hydrogen (secondary N) is 1. The minimum atomic E-state index is -3.74. The lowest BCUT2D eigenvalue weighted by Crippen LogP contribution is -2.43. The molecule has 9 heteroatoms. The van der Waals surface area contributed by atoms with Crippen molar-refractivity contribution < 1.29 is 17.9 Å². The largest absolute Gasteiger partial charge is 0.372 e. The van der Waals surface area contributed by atoms with Crippen LogP contribution in [0.2, 0.25) is 0 Å². The highest BCUT2D eigenvalue weighted by atomic mass is 32.2. The van der Waals surface area contributed by atoms with Gasteiger partial charge >= 0.3 is 0 Å². The number of carbonyl (C=O) groups excluding carboxylic acids is 1. The van der Waals surface area contributed by atoms with Crippen LogP contribution in [0.4, 0.5) is 5.13 Å². The normalized spacial score (nSPS) is 16.8. The summed E-state index contributed by atoms with van der Waals surface area (Å²) < 4.78 is 33.4. The standard InChI is InChI=1S/C22H23N3O4S2/c26-21(25-13-4-7-19(15-25)29-16-17-5-2-1-3-6-17)18-8-10-20(11-9-18)31(27,28)24-22-23-12-14-30-22/h1-3,5-6,8-12,14,19H,4,7,13,15-16H2,(H,23,24). The number of ether oxygens (including phenoxy) is 1. The summed E-state index contributed by atoms with van der Waals surface area (Å²) in [6, 6.07) is 15.9. The number of carbonyl (C=O) groups is 1. The first-order chi connectivity index (χ1) is 15.0. The van der Waals surface area contributed by atoms with Crippen molar-refractivity contribution in [1.82, 2.24) is 9.88 Å². The average molecular weight is 458 g/mol. The molecule has 1 aliphatic rings. The molecule has 4 rings (SSSR count). The van der Waals surface area contributed by atoms with Crippen LogP contribution in [0.15, 0.2) is 71.1 Å². The highest BCUT2D eigenvalue weighted by Gasteiger charge is 2.25. The Labute approximate surface area is 185 Å². The number of thiazole rings is 1. The number of anilines is 1. The van der Waals surface area contributed by atoms with Crippen molar-refractivity contribution in [3.63, 3.8) is 0 Å². The molecule has 1 N–H and O–H groups in total. The zero-order valence-electron chi connectivity index (χ0n) is 16.8. The summed E-state index contributed by atoms with van der Waals surface area (Å²) >= 11 is 1.20. The summed E-state index contributed by atoms with van der Waals surface area (Å²) in [6.45, 7) is 1.71. The van der Waals surface area contributed by atoms with Crippen molar-refractivity contribution in [3.8, 4) is 0 Å². The molecule has 0 spiro atoms. The fourth-order valence-corrected chi connectivity index (χ4v) is 5.24. The summed E-state index contributed by atoms with van der Waals surface area (Å²) in [6.07, 6.45) is 3.30. The number of nitrogens with zero attached hydrogens (tertiary/aromatic N) is 2. The van der Waals surface area contributed by atoms with Crippen LogP contribution in [0.3, 0.4) is 0 Å². The van der Waals surface area contributed by atoms with E-state index in [-0.39, 0.29) is 16.9 Å². The van der Waals surface area contributed by atoms with E-state index in [1.165, 1.54) is 29.7 Å². The van der Waals surface area contributed by atoms with Crippen molar-refractivity contribution >= 4 is 32.4 Å². The van der Waals surface area contributed by atoms with Crippen molar-refractivity contribution in [3.05, 3.63) is 77.3 Å². The molecule has 1 atom stereocenters. The molecule has 1 aromatic heterocycles. The van der Waals surface area contributed by atoms with E-state index in [0.29, 0.717) is 30.4 Å². The Bertz CT molecular complexity index is 1100. The molecule has 162 valence electrons. The molecule has 0 bridgehead atoms. The Morgan fingerprint density at radius 2 is 1.94 bits per heavy atom. The van der Waals surface area contributed by atoms with Crippen molar-refractivity contribution in [2.45, 2.75) is 30.4 Å². The maximum absolute atomic E-state index is 12.9. The van der Waals surface area contributed by atoms with Crippen LogP contribution in [0.25, 0.3) is 0 Å². The SMILES string of the molecule is O=C(c1ccc(S(=O)(=O)Nc2nccs2)cc1)N1CCCC(OCc2ccccc2)C1. The number of sulfonamides is 1. The Balaban J connectivity index is 1.37. The molecule has 1 amide bonds. The average Bonchev–Trinajstić information content (AvgIpc) is 3.30. The lowest BCUT2D eigenvalue weighted by Gasteiger charge is -2.32. The van der Waals surface area contributed by atoms with Crippen molar-refractivity contribution in [2.24, 2.45) is 0 Å². The van der Waals surface area contributed by atoms with Gasteiger partial charge in [-0.05, 0) is 42.7 Å². The molecule has 1 saturated heterocycles. The fraction of sp³-hybridized carbons (Fsp3) is 0.273. The Morgan fingerprint density at radius 3 is 2.65 bits per heavy atom. The predicted molar refractivity (Wildman–Crippen MR) is 120 cm³/mol. The number of rotatable bonds is 7. The van der Waals surface area contributed by atoms with Gasteiger partial charge in [0.05, 0.1) is 17.6 Å². The van der Waals surface area contributed by atoms with E-state index in [4.69, 9.17) is 4.74 Å². The second kappa shape index (κ2) is 9.59. The first kappa shape index (κ1) is 21.5. The smallest absolute Gasteiger partial charge is 0.263 e. The van der Waals surface area contributed by atoms with Gasteiger partial charge in [-0.2, -0.15) is 0 Å². The van der Waals surface area contributed by atoms with Crippen LogP contribution >= 0.6 is 11.3 Å². The topological polar surface area (TPSA) is 88.6 Å². The number of benzene rings is 2. The van der Waals surface area contributed by atoms with Crippen molar-refractivity contribution in [2.75, 3.05) is 17.8 Å². The van der Waals surface area contributed by atoms with E-state index in [1.807, 2.05) is 30.3 Å². The van der Waals surface area contributed by atoms with E-state index in [0.717, 1.165) is 18.4 Å². The first-order valence-electron chi connectivity index (χ1n) is 9.98. The quantitative estimate of drug-likeness (QED) is 0.584. The summed E-state index contributed by atoms with van der Waals surface area (Å²) in [5.41, 5.74) is 1.56. The van der Waals surface area contributed by atoms with Crippen LogP contribution in [0, 0.1) is 0 Å². The Hall–Kier alpha value is -2.75. The highest BCUT2D eigenvalue weighted by Crippen LogP contribution is 2.21. The molecule has 0 saturated carbocycles. The van der Waals surface area contributed by atoms with Crippen molar-refractivity contribution in [1.29, 1.82) is 0 Å². The van der Waals surface area contributed by atoms with E-state index < -0.39 is 10.0 Å². The molecule has 2 heterocycles. The highest BCUT2D eigenvalue weighted by molar-refractivity contribution is 7.93. The van der Waals surface area contributed by atoms with Gasteiger partial charge in [-0.3, -0.25) is 9.52 Å². The number of piperidine rings is 1. The molecule has 3 aromatic rings. The van der Waals surface area contributed by atoms with Gasteiger partial charge < -0.3 is 9.64 Å². The number of amides is 1. The summed E-state index contributed by atoms with van der Waals surface area (Å²) in [7, 11) is -3.74.